The van der Waals surface area contributed by atoms with Gasteiger partial charge in [0.2, 0.25) is 5.91 Å². The van der Waals surface area contributed by atoms with E-state index >= 15 is 0 Å². The number of carbonyl (C=O) groups excluding carboxylic acids is 1. The van der Waals surface area contributed by atoms with Crippen LogP contribution in [0.2, 0.25) is 0 Å². The summed E-state index contributed by atoms with van der Waals surface area (Å²) >= 11 is 1.58. The molecule has 0 radical (unpaired) electrons. The number of amides is 1. The van der Waals surface area contributed by atoms with Crippen molar-refractivity contribution in [3.05, 3.63) is 34.9 Å². The lowest BCUT2D eigenvalue weighted by atomic mass is 10.3. The summed E-state index contributed by atoms with van der Waals surface area (Å²) in [5.41, 5.74) is 0.922. The molecule has 14 heavy (non-hydrogen) atoms. The molecule has 1 rings (SSSR count). The van der Waals surface area contributed by atoms with E-state index in [1.54, 1.807) is 11.8 Å². The first-order chi connectivity index (χ1) is 6.77. The third-order valence-electron chi connectivity index (χ3n) is 1.74. The maximum atomic E-state index is 11.2. The fraction of sp³-hybridized carbons (Fsp3) is 0.364. The van der Waals surface area contributed by atoms with E-state index in [0.717, 1.165) is 17.0 Å². The van der Waals surface area contributed by atoms with E-state index in [2.05, 4.69) is 12.2 Å². The highest BCUT2D eigenvalue weighted by Gasteiger charge is 2.14. The van der Waals surface area contributed by atoms with Crippen LogP contribution in [0.1, 0.15) is 20.3 Å². The molecule has 0 aromatic heterocycles. The van der Waals surface area contributed by atoms with Crippen molar-refractivity contribution < 1.29 is 4.79 Å². The second-order valence-electron chi connectivity index (χ2n) is 2.93. The van der Waals surface area contributed by atoms with Gasteiger partial charge in [-0.15, -0.1) is 11.8 Å². The SMILES string of the molecule is C/C=C\C1=C(/C=C\CC)NC(=O)CS1. The van der Waals surface area contributed by atoms with Crippen LogP contribution in [0.5, 0.6) is 0 Å². The molecule has 76 valence electrons. The normalized spacial score (nSPS) is 18.3. The molecule has 1 aliphatic rings. The molecule has 1 amide bonds. The van der Waals surface area contributed by atoms with E-state index in [1.165, 1.54) is 0 Å². The van der Waals surface area contributed by atoms with Crippen molar-refractivity contribution in [2.75, 3.05) is 5.75 Å². The Balaban J connectivity index is 2.87. The zero-order chi connectivity index (χ0) is 10.4. The smallest absolute Gasteiger partial charge is 0.234 e. The van der Waals surface area contributed by atoms with Crippen molar-refractivity contribution in [3.8, 4) is 0 Å². The first kappa shape index (κ1) is 11.1. The van der Waals surface area contributed by atoms with E-state index in [0.29, 0.717) is 5.75 Å². The molecule has 0 saturated heterocycles. The average molecular weight is 209 g/mol. The highest BCUT2D eigenvalue weighted by atomic mass is 32.2. The third kappa shape index (κ3) is 3.07. The molecule has 0 bridgehead atoms. The molecule has 2 nitrogen and oxygen atoms in total. The summed E-state index contributed by atoms with van der Waals surface area (Å²) in [4.78, 5) is 12.3. The topological polar surface area (TPSA) is 29.1 Å². The molecule has 0 atom stereocenters. The van der Waals surface area contributed by atoms with Crippen molar-refractivity contribution in [2.45, 2.75) is 20.3 Å². The minimum absolute atomic E-state index is 0.0824. The fourth-order valence-electron chi connectivity index (χ4n) is 1.12. The summed E-state index contributed by atoms with van der Waals surface area (Å²) in [5.74, 6) is 0.599. The van der Waals surface area contributed by atoms with Gasteiger partial charge in [-0.2, -0.15) is 0 Å². The van der Waals surface area contributed by atoms with Gasteiger partial charge in [-0.3, -0.25) is 4.79 Å². The van der Waals surface area contributed by atoms with Crippen molar-refractivity contribution in [1.82, 2.24) is 5.32 Å². The van der Waals surface area contributed by atoms with E-state index in [4.69, 9.17) is 0 Å². The lowest BCUT2D eigenvalue weighted by molar-refractivity contribution is -0.117. The zero-order valence-electron chi connectivity index (χ0n) is 8.54. The van der Waals surface area contributed by atoms with Crippen LogP contribution in [-0.4, -0.2) is 11.7 Å². The maximum Gasteiger partial charge on any atom is 0.234 e. The minimum Gasteiger partial charge on any atom is -0.324 e. The van der Waals surface area contributed by atoms with E-state index in [-0.39, 0.29) is 5.91 Å². The van der Waals surface area contributed by atoms with Crippen LogP contribution in [0, 0.1) is 0 Å². The van der Waals surface area contributed by atoms with Crippen LogP contribution in [0.3, 0.4) is 0 Å². The quantitative estimate of drug-likeness (QED) is 0.774. The molecule has 1 heterocycles. The Morgan fingerprint density at radius 3 is 2.93 bits per heavy atom. The lowest BCUT2D eigenvalue weighted by Gasteiger charge is -2.15. The number of allylic oxidation sites excluding steroid dienone is 4. The van der Waals surface area contributed by atoms with Crippen LogP contribution < -0.4 is 5.32 Å². The molecular formula is C11H15NOS. The number of hydrogen-bond acceptors (Lipinski definition) is 2. The Labute approximate surface area is 89.1 Å². The Kier molecular flexibility index (Phi) is 4.53. The van der Waals surface area contributed by atoms with Gasteiger partial charge in [0.1, 0.15) is 0 Å². The van der Waals surface area contributed by atoms with E-state index in [1.807, 2.05) is 31.2 Å². The Morgan fingerprint density at radius 2 is 2.29 bits per heavy atom. The van der Waals surface area contributed by atoms with Gasteiger partial charge in [-0.1, -0.05) is 25.2 Å². The lowest BCUT2D eigenvalue weighted by Crippen LogP contribution is -2.28. The summed E-state index contributed by atoms with van der Waals surface area (Å²) in [6.07, 6.45) is 9.01. The standard InChI is InChI=1S/C11H15NOS/c1-3-5-7-9-10(6-4-2)14-8-11(13)12-9/h4-7H,3,8H2,1-2H3,(H,12,13)/b6-4-,7-5-. The second kappa shape index (κ2) is 5.70. The van der Waals surface area contributed by atoms with Gasteiger partial charge in [0.25, 0.3) is 0 Å². The molecule has 0 saturated carbocycles. The van der Waals surface area contributed by atoms with Gasteiger partial charge in [0, 0.05) is 4.91 Å². The van der Waals surface area contributed by atoms with Crippen LogP contribution in [-0.2, 0) is 4.79 Å². The summed E-state index contributed by atoms with van der Waals surface area (Å²) in [6, 6.07) is 0. The molecule has 0 aliphatic carbocycles. The van der Waals surface area contributed by atoms with Crippen LogP contribution in [0.15, 0.2) is 34.9 Å². The highest BCUT2D eigenvalue weighted by Crippen LogP contribution is 2.24. The van der Waals surface area contributed by atoms with Crippen LogP contribution >= 0.6 is 11.8 Å². The van der Waals surface area contributed by atoms with Crippen molar-refractivity contribution in [3.63, 3.8) is 0 Å². The molecule has 0 spiro atoms. The number of hydrogen-bond donors (Lipinski definition) is 1. The predicted octanol–water partition coefficient (Wildman–Crippen LogP) is 2.60. The van der Waals surface area contributed by atoms with E-state index < -0.39 is 0 Å². The van der Waals surface area contributed by atoms with Crippen molar-refractivity contribution in [2.24, 2.45) is 0 Å². The largest absolute Gasteiger partial charge is 0.324 e. The van der Waals surface area contributed by atoms with Gasteiger partial charge in [-0.25, -0.2) is 0 Å². The predicted molar refractivity (Wildman–Crippen MR) is 61.9 cm³/mol. The van der Waals surface area contributed by atoms with E-state index in [9.17, 15) is 4.79 Å². The number of carbonyl (C=O) groups is 1. The Bertz CT molecular complexity index is 302. The van der Waals surface area contributed by atoms with Crippen molar-refractivity contribution in [1.29, 1.82) is 0 Å². The molecule has 0 fully saturated rings. The van der Waals surface area contributed by atoms with Crippen molar-refractivity contribution >= 4 is 17.7 Å². The van der Waals surface area contributed by atoms with Gasteiger partial charge < -0.3 is 5.32 Å². The molecule has 0 unspecified atom stereocenters. The molecule has 3 heteroatoms. The summed E-state index contributed by atoms with van der Waals surface area (Å²) in [5, 5.41) is 2.87. The molecular weight excluding hydrogens is 194 g/mol. The Hall–Kier alpha value is -0.960. The summed E-state index contributed by atoms with van der Waals surface area (Å²) in [7, 11) is 0. The summed E-state index contributed by atoms with van der Waals surface area (Å²) < 4.78 is 0. The van der Waals surface area contributed by atoms with Crippen LogP contribution in [0.25, 0.3) is 0 Å². The summed E-state index contributed by atoms with van der Waals surface area (Å²) in [6.45, 7) is 4.05. The van der Waals surface area contributed by atoms with Crippen LogP contribution in [0.4, 0.5) is 0 Å². The molecule has 0 aromatic carbocycles. The first-order valence-electron chi connectivity index (χ1n) is 4.74. The average Bonchev–Trinajstić information content (AvgIpc) is 2.18. The maximum absolute atomic E-state index is 11.2. The number of thioether (sulfide) groups is 1. The van der Waals surface area contributed by atoms with Gasteiger partial charge >= 0.3 is 0 Å². The first-order valence-corrected chi connectivity index (χ1v) is 5.72. The van der Waals surface area contributed by atoms with Gasteiger partial charge in [0.15, 0.2) is 0 Å². The number of rotatable bonds is 3. The molecule has 1 N–H and O–H groups in total. The number of nitrogens with one attached hydrogen (secondary N) is 1. The second-order valence-corrected chi connectivity index (χ2v) is 3.94. The highest BCUT2D eigenvalue weighted by molar-refractivity contribution is 8.04. The molecule has 0 aromatic rings. The monoisotopic (exact) mass is 209 g/mol. The van der Waals surface area contributed by atoms with Gasteiger partial charge in [-0.05, 0) is 19.4 Å². The minimum atomic E-state index is 0.0824. The third-order valence-corrected chi connectivity index (χ3v) is 2.81. The zero-order valence-corrected chi connectivity index (χ0v) is 9.36. The molecule has 1 aliphatic heterocycles. The fourth-order valence-corrected chi connectivity index (χ4v) is 1.98. The Morgan fingerprint density at radius 1 is 1.50 bits per heavy atom. The van der Waals surface area contributed by atoms with Gasteiger partial charge in [0.05, 0.1) is 11.4 Å².